The van der Waals surface area contributed by atoms with Gasteiger partial charge < -0.3 is 15.2 Å². The first-order valence-corrected chi connectivity index (χ1v) is 7.25. The summed E-state index contributed by atoms with van der Waals surface area (Å²) in [4.78, 5) is 2.59. The minimum atomic E-state index is 0.201. The largest absolute Gasteiger partial charge is 0.381 e. The molecule has 2 fully saturated rings. The molecule has 1 aliphatic carbocycles. The van der Waals surface area contributed by atoms with Crippen LogP contribution >= 0.6 is 0 Å². The zero-order chi connectivity index (χ0) is 13.0. The summed E-state index contributed by atoms with van der Waals surface area (Å²) in [6.45, 7) is 2.99. The van der Waals surface area contributed by atoms with E-state index < -0.39 is 0 Å². The zero-order valence-electron chi connectivity index (χ0n) is 11.9. The fourth-order valence-corrected chi connectivity index (χ4v) is 3.58. The molecule has 1 saturated carbocycles. The Balaban J connectivity index is 1.99. The molecule has 1 atom stereocenters. The molecule has 0 aromatic heterocycles. The summed E-state index contributed by atoms with van der Waals surface area (Å²) in [5.74, 6) is 0. The first-order chi connectivity index (χ1) is 8.74. The lowest BCUT2D eigenvalue weighted by molar-refractivity contribution is -0.0507. The van der Waals surface area contributed by atoms with Gasteiger partial charge in [0.2, 0.25) is 0 Å². The molecule has 4 nitrogen and oxygen atoms in total. The van der Waals surface area contributed by atoms with E-state index in [1.165, 1.54) is 32.2 Å². The van der Waals surface area contributed by atoms with Crippen molar-refractivity contribution in [3.8, 4) is 0 Å². The van der Waals surface area contributed by atoms with E-state index >= 15 is 0 Å². The van der Waals surface area contributed by atoms with E-state index in [1.807, 2.05) is 14.2 Å². The summed E-state index contributed by atoms with van der Waals surface area (Å²) < 4.78 is 11.0. The lowest BCUT2D eigenvalue weighted by Crippen LogP contribution is -2.59. The zero-order valence-corrected chi connectivity index (χ0v) is 11.9. The standard InChI is InChI=1S/C14H28N2O2/c1-17-12-5-7-14(11-15,8-6-12)16-9-3-4-13(10-16)18-2/h12-13H,3-11,15H2,1-2H3. The Morgan fingerprint density at radius 1 is 1.11 bits per heavy atom. The van der Waals surface area contributed by atoms with Crippen LogP contribution in [0.4, 0.5) is 0 Å². The SMILES string of the molecule is COC1CCC(CN)(N2CCCC(OC)C2)CC1. The van der Waals surface area contributed by atoms with E-state index in [-0.39, 0.29) is 5.54 Å². The third kappa shape index (κ3) is 2.87. The number of piperidine rings is 1. The summed E-state index contributed by atoms with van der Waals surface area (Å²) in [6, 6.07) is 0. The van der Waals surface area contributed by atoms with Crippen molar-refractivity contribution in [2.45, 2.75) is 56.3 Å². The molecule has 4 heteroatoms. The van der Waals surface area contributed by atoms with Crippen molar-refractivity contribution < 1.29 is 9.47 Å². The number of nitrogens with zero attached hydrogens (tertiary/aromatic N) is 1. The highest BCUT2D eigenvalue weighted by atomic mass is 16.5. The maximum Gasteiger partial charge on any atom is 0.0698 e. The summed E-state index contributed by atoms with van der Waals surface area (Å²) in [7, 11) is 3.65. The van der Waals surface area contributed by atoms with Crippen LogP contribution < -0.4 is 5.73 Å². The molecule has 0 spiro atoms. The summed E-state index contributed by atoms with van der Waals surface area (Å²) in [5, 5.41) is 0. The molecule has 2 N–H and O–H groups in total. The van der Waals surface area contributed by atoms with Gasteiger partial charge in [0.25, 0.3) is 0 Å². The van der Waals surface area contributed by atoms with Gasteiger partial charge in [0.15, 0.2) is 0 Å². The number of methoxy groups -OCH3 is 2. The van der Waals surface area contributed by atoms with Gasteiger partial charge in [-0.25, -0.2) is 0 Å². The highest BCUT2D eigenvalue weighted by Crippen LogP contribution is 2.36. The number of hydrogen-bond acceptors (Lipinski definition) is 4. The fraction of sp³-hybridized carbons (Fsp3) is 1.00. The Bertz CT molecular complexity index is 252. The number of nitrogens with two attached hydrogens (primary N) is 1. The minimum Gasteiger partial charge on any atom is -0.381 e. The molecule has 2 aliphatic rings. The molecule has 106 valence electrons. The maximum absolute atomic E-state index is 6.12. The first kappa shape index (κ1) is 14.3. The summed E-state index contributed by atoms with van der Waals surface area (Å²) >= 11 is 0. The smallest absolute Gasteiger partial charge is 0.0698 e. The van der Waals surface area contributed by atoms with E-state index in [9.17, 15) is 0 Å². The number of likely N-dealkylation sites (tertiary alicyclic amines) is 1. The van der Waals surface area contributed by atoms with Crippen molar-refractivity contribution in [3.63, 3.8) is 0 Å². The Kier molecular flexibility index (Phi) is 5.01. The monoisotopic (exact) mass is 256 g/mol. The van der Waals surface area contributed by atoms with Crippen LogP contribution in [0, 0.1) is 0 Å². The summed E-state index contributed by atoms with van der Waals surface area (Å²) in [6.07, 6.45) is 7.86. The average Bonchev–Trinajstić information content (AvgIpc) is 2.47. The van der Waals surface area contributed by atoms with Crippen molar-refractivity contribution in [2.75, 3.05) is 33.9 Å². The van der Waals surface area contributed by atoms with Crippen LogP contribution in [0.1, 0.15) is 38.5 Å². The van der Waals surface area contributed by atoms with E-state index in [4.69, 9.17) is 15.2 Å². The normalized spacial score (nSPS) is 38.8. The van der Waals surface area contributed by atoms with Crippen molar-refractivity contribution in [1.82, 2.24) is 4.90 Å². The van der Waals surface area contributed by atoms with E-state index in [0.717, 1.165) is 25.9 Å². The molecule has 0 radical (unpaired) electrons. The van der Waals surface area contributed by atoms with Gasteiger partial charge in [0, 0.05) is 32.8 Å². The fourth-order valence-electron chi connectivity index (χ4n) is 3.58. The summed E-state index contributed by atoms with van der Waals surface area (Å²) in [5.41, 5.74) is 6.32. The quantitative estimate of drug-likeness (QED) is 0.825. The highest BCUT2D eigenvalue weighted by Gasteiger charge is 2.41. The third-order valence-corrected chi connectivity index (χ3v) is 4.96. The molecular formula is C14H28N2O2. The third-order valence-electron chi connectivity index (χ3n) is 4.96. The molecular weight excluding hydrogens is 228 g/mol. The predicted octanol–water partition coefficient (Wildman–Crippen LogP) is 1.38. The molecule has 0 aromatic carbocycles. The van der Waals surface area contributed by atoms with Gasteiger partial charge in [-0.2, -0.15) is 0 Å². The number of hydrogen-bond donors (Lipinski definition) is 1. The molecule has 0 amide bonds. The molecule has 2 rings (SSSR count). The topological polar surface area (TPSA) is 47.7 Å². The van der Waals surface area contributed by atoms with Crippen LogP contribution in [0.2, 0.25) is 0 Å². The molecule has 1 unspecified atom stereocenters. The Hall–Kier alpha value is -0.160. The van der Waals surface area contributed by atoms with Crippen LogP contribution in [-0.2, 0) is 9.47 Å². The number of ether oxygens (including phenoxy) is 2. The average molecular weight is 256 g/mol. The van der Waals surface area contributed by atoms with E-state index in [0.29, 0.717) is 12.2 Å². The van der Waals surface area contributed by atoms with Gasteiger partial charge in [-0.3, -0.25) is 4.90 Å². The van der Waals surface area contributed by atoms with Crippen molar-refractivity contribution in [1.29, 1.82) is 0 Å². The molecule has 0 aromatic rings. The lowest BCUT2D eigenvalue weighted by Gasteiger charge is -2.50. The van der Waals surface area contributed by atoms with Gasteiger partial charge in [-0.1, -0.05) is 0 Å². The van der Waals surface area contributed by atoms with Crippen LogP contribution in [0.3, 0.4) is 0 Å². The molecule has 18 heavy (non-hydrogen) atoms. The van der Waals surface area contributed by atoms with Crippen LogP contribution in [-0.4, -0.2) is 56.5 Å². The van der Waals surface area contributed by atoms with Crippen molar-refractivity contribution in [3.05, 3.63) is 0 Å². The van der Waals surface area contributed by atoms with Crippen molar-refractivity contribution in [2.24, 2.45) is 5.73 Å². The second-order valence-electron chi connectivity index (χ2n) is 5.81. The molecule has 0 bridgehead atoms. The molecule has 1 saturated heterocycles. The maximum atomic E-state index is 6.12. The van der Waals surface area contributed by atoms with Crippen LogP contribution in [0.15, 0.2) is 0 Å². The molecule has 1 aliphatic heterocycles. The first-order valence-electron chi connectivity index (χ1n) is 7.25. The predicted molar refractivity (Wildman–Crippen MR) is 72.7 cm³/mol. The lowest BCUT2D eigenvalue weighted by atomic mass is 9.78. The second kappa shape index (κ2) is 6.33. The van der Waals surface area contributed by atoms with Gasteiger partial charge in [0.05, 0.1) is 12.2 Å². The second-order valence-corrected chi connectivity index (χ2v) is 5.81. The highest BCUT2D eigenvalue weighted by molar-refractivity contribution is 4.98. The van der Waals surface area contributed by atoms with Gasteiger partial charge in [-0.05, 0) is 45.1 Å². The minimum absolute atomic E-state index is 0.201. The number of rotatable bonds is 4. The van der Waals surface area contributed by atoms with Gasteiger partial charge >= 0.3 is 0 Å². The van der Waals surface area contributed by atoms with E-state index in [1.54, 1.807) is 0 Å². The Labute approximate surface area is 111 Å². The van der Waals surface area contributed by atoms with E-state index in [2.05, 4.69) is 4.90 Å². The van der Waals surface area contributed by atoms with Crippen molar-refractivity contribution >= 4 is 0 Å². The van der Waals surface area contributed by atoms with Gasteiger partial charge in [0.1, 0.15) is 0 Å². The molecule has 1 heterocycles. The van der Waals surface area contributed by atoms with Crippen LogP contribution in [0.5, 0.6) is 0 Å². The van der Waals surface area contributed by atoms with Crippen LogP contribution in [0.25, 0.3) is 0 Å². The Morgan fingerprint density at radius 2 is 1.78 bits per heavy atom. The Morgan fingerprint density at radius 3 is 2.33 bits per heavy atom. The van der Waals surface area contributed by atoms with Gasteiger partial charge in [-0.15, -0.1) is 0 Å².